The first-order valence-electron chi connectivity index (χ1n) is 8.51. The van der Waals surface area contributed by atoms with Crippen LogP contribution < -0.4 is 4.74 Å². The highest BCUT2D eigenvalue weighted by Gasteiger charge is 2.18. The number of methoxy groups -OCH3 is 1. The second-order valence-corrected chi connectivity index (χ2v) is 6.63. The molecule has 5 aromatic carbocycles. The molecule has 0 aliphatic heterocycles. The van der Waals surface area contributed by atoms with Crippen LogP contribution in [0.5, 0.6) is 5.75 Å². The second-order valence-electron chi connectivity index (χ2n) is 6.63. The Bertz CT molecular complexity index is 1420. The molecule has 0 spiro atoms. The summed E-state index contributed by atoms with van der Waals surface area (Å²) < 4.78 is 5.60. The van der Waals surface area contributed by atoms with Crippen molar-refractivity contribution in [3.05, 3.63) is 66.7 Å². The van der Waals surface area contributed by atoms with Gasteiger partial charge in [-0.25, -0.2) is 0 Å². The van der Waals surface area contributed by atoms with Crippen molar-refractivity contribution in [2.24, 2.45) is 0 Å². The van der Waals surface area contributed by atoms with E-state index >= 15 is 0 Å². The standard InChI is InChI=1S/C23H15NO/c1-25-19-12-11-16-15-10-9-13-5-2-3-6-14(13)20(15)17-7-4-8-18-21(17)22(16)23(19)24-18/h2-12,24H,1H3. The molecule has 0 fully saturated rings. The number of hydrogen-bond donors (Lipinski definition) is 1. The molecule has 118 valence electrons. The van der Waals surface area contributed by atoms with E-state index in [1.165, 1.54) is 43.1 Å². The van der Waals surface area contributed by atoms with Gasteiger partial charge < -0.3 is 9.72 Å². The molecular weight excluding hydrogens is 306 g/mol. The van der Waals surface area contributed by atoms with Gasteiger partial charge in [-0.3, -0.25) is 0 Å². The highest BCUT2D eigenvalue weighted by atomic mass is 16.5. The summed E-state index contributed by atoms with van der Waals surface area (Å²) in [6.45, 7) is 0. The molecule has 6 rings (SSSR count). The van der Waals surface area contributed by atoms with Crippen LogP contribution in [0.2, 0.25) is 0 Å². The molecule has 0 amide bonds. The average molecular weight is 321 g/mol. The number of hydrogen-bond acceptors (Lipinski definition) is 1. The second kappa shape index (κ2) is 4.42. The van der Waals surface area contributed by atoms with E-state index in [2.05, 4.69) is 71.7 Å². The third kappa shape index (κ3) is 1.50. The lowest BCUT2D eigenvalue weighted by molar-refractivity contribution is 0.419. The van der Waals surface area contributed by atoms with Crippen molar-refractivity contribution in [2.45, 2.75) is 0 Å². The molecule has 2 nitrogen and oxygen atoms in total. The van der Waals surface area contributed by atoms with E-state index in [-0.39, 0.29) is 0 Å². The third-order valence-corrected chi connectivity index (χ3v) is 5.45. The van der Waals surface area contributed by atoms with Gasteiger partial charge in [0.2, 0.25) is 0 Å². The summed E-state index contributed by atoms with van der Waals surface area (Å²) in [6, 6.07) is 23.9. The zero-order chi connectivity index (χ0) is 16.5. The molecule has 0 saturated heterocycles. The van der Waals surface area contributed by atoms with Gasteiger partial charge in [-0.05, 0) is 50.5 Å². The number of aromatic nitrogens is 1. The number of H-pyrrole nitrogens is 1. The van der Waals surface area contributed by atoms with Crippen LogP contribution in [0.1, 0.15) is 0 Å². The van der Waals surface area contributed by atoms with E-state index in [1.54, 1.807) is 7.11 Å². The van der Waals surface area contributed by atoms with E-state index < -0.39 is 0 Å². The van der Waals surface area contributed by atoms with Crippen LogP contribution in [0.3, 0.4) is 0 Å². The Morgan fingerprint density at radius 3 is 2.36 bits per heavy atom. The zero-order valence-electron chi connectivity index (χ0n) is 13.8. The minimum absolute atomic E-state index is 0.894. The van der Waals surface area contributed by atoms with E-state index in [0.29, 0.717) is 0 Å². The summed E-state index contributed by atoms with van der Waals surface area (Å²) in [7, 11) is 1.73. The van der Waals surface area contributed by atoms with Gasteiger partial charge in [0, 0.05) is 16.3 Å². The summed E-state index contributed by atoms with van der Waals surface area (Å²) in [5.41, 5.74) is 2.25. The highest BCUT2D eigenvalue weighted by molar-refractivity contribution is 6.37. The maximum absolute atomic E-state index is 5.60. The first-order valence-corrected chi connectivity index (χ1v) is 8.51. The Kier molecular flexibility index (Phi) is 2.31. The normalized spacial score (nSPS) is 12.2. The molecule has 1 N–H and O–H groups in total. The number of fused-ring (bicyclic) bond motifs is 5. The first kappa shape index (κ1) is 13.1. The van der Waals surface area contributed by atoms with Crippen molar-refractivity contribution >= 4 is 54.1 Å². The van der Waals surface area contributed by atoms with E-state index in [1.807, 2.05) is 0 Å². The number of benzene rings is 5. The quantitative estimate of drug-likeness (QED) is 0.357. The Labute approximate surface area is 144 Å². The van der Waals surface area contributed by atoms with Crippen LogP contribution in [-0.4, -0.2) is 12.1 Å². The van der Waals surface area contributed by atoms with Gasteiger partial charge in [0.1, 0.15) is 5.75 Å². The number of rotatable bonds is 1. The van der Waals surface area contributed by atoms with Crippen molar-refractivity contribution in [3.63, 3.8) is 0 Å². The smallest absolute Gasteiger partial charge is 0.142 e. The molecular formula is C23H15NO. The molecule has 1 heterocycles. The lowest BCUT2D eigenvalue weighted by Crippen LogP contribution is -1.87. The Balaban J connectivity index is 2.05. The van der Waals surface area contributed by atoms with Crippen LogP contribution >= 0.6 is 0 Å². The Morgan fingerprint density at radius 1 is 0.640 bits per heavy atom. The largest absolute Gasteiger partial charge is 0.495 e. The SMILES string of the molecule is COc1ccc2c3ccc4ccccc4c3c3cccc4[nH]c1c2c43. The van der Waals surface area contributed by atoms with Crippen molar-refractivity contribution in [3.8, 4) is 5.75 Å². The minimum Gasteiger partial charge on any atom is -0.495 e. The molecule has 0 saturated carbocycles. The maximum Gasteiger partial charge on any atom is 0.142 e. The molecule has 0 radical (unpaired) electrons. The van der Waals surface area contributed by atoms with Crippen molar-refractivity contribution in [1.29, 1.82) is 0 Å². The summed E-state index contributed by atoms with van der Waals surface area (Å²) in [4.78, 5) is 3.58. The van der Waals surface area contributed by atoms with Gasteiger partial charge in [-0.15, -0.1) is 0 Å². The van der Waals surface area contributed by atoms with E-state index in [9.17, 15) is 0 Å². The molecule has 6 aromatic rings. The van der Waals surface area contributed by atoms with Gasteiger partial charge in [0.15, 0.2) is 0 Å². The summed E-state index contributed by atoms with van der Waals surface area (Å²) in [6.07, 6.45) is 0. The maximum atomic E-state index is 5.60. The number of ether oxygens (including phenoxy) is 1. The number of aromatic amines is 1. The van der Waals surface area contributed by atoms with E-state index in [4.69, 9.17) is 4.74 Å². The number of nitrogens with one attached hydrogen (secondary N) is 1. The summed E-state index contributed by atoms with van der Waals surface area (Å²) in [5.74, 6) is 0.894. The van der Waals surface area contributed by atoms with Crippen LogP contribution in [0.15, 0.2) is 66.7 Å². The predicted octanol–water partition coefficient (Wildman–Crippen LogP) is 6.23. The summed E-state index contributed by atoms with van der Waals surface area (Å²) >= 11 is 0. The van der Waals surface area contributed by atoms with Crippen LogP contribution in [0, 0.1) is 0 Å². The molecule has 0 aliphatic carbocycles. The van der Waals surface area contributed by atoms with Gasteiger partial charge in [0.05, 0.1) is 12.6 Å². The lowest BCUT2D eigenvalue weighted by atomic mass is 9.91. The fourth-order valence-corrected chi connectivity index (χ4v) is 4.42. The van der Waals surface area contributed by atoms with Crippen LogP contribution in [-0.2, 0) is 0 Å². The fraction of sp³-hybridized carbons (Fsp3) is 0.0435. The minimum atomic E-state index is 0.894. The molecule has 0 unspecified atom stereocenters. The fourth-order valence-electron chi connectivity index (χ4n) is 4.42. The average Bonchev–Trinajstić information content (AvgIpc) is 3.06. The molecule has 2 heteroatoms. The van der Waals surface area contributed by atoms with Crippen molar-refractivity contribution in [2.75, 3.05) is 7.11 Å². The van der Waals surface area contributed by atoms with Crippen molar-refractivity contribution in [1.82, 2.24) is 4.98 Å². The van der Waals surface area contributed by atoms with Crippen LogP contribution in [0.25, 0.3) is 54.1 Å². The van der Waals surface area contributed by atoms with Gasteiger partial charge >= 0.3 is 0 Å². The van der Waals surface area contributed by atoms with Gasteiger partial charge in [0.25, 0.3) is 0 Å². The van der Waals surface area contributed by atoms with E-state index in [0.717, 1.165) is 16.8 Å². The topological polar surface area (TPSA) is 25.0 Å². The predicted molar refractivity (Wildman–Crippen MR) is 106 cm³/mol. The van der Waals surface area contributed by atoms with Gasteiger partial charge in [-0.1, -0.05) is 48.5 Å². The van der Waals surface area contributed by atoms with Crippen LogP contribution in [0.4, 0.5) is 0 Å². The monoisotopic (exact) mass is 321 g/mol. The first-order chi connectivity index (χ1) is 12.4. The molecule has 1 aromatic heterocycles. The van der Waals surface area contributed by atoms with Crippen molar-refractivity contribution < 1.29 is 4.74 Å². The molecule has 25 heavy (non-hydrogen) atoms. The third-order valence-electron chi connectivity index (χ3n) is 5.45. The highest BCUT2D eigenvalue weighted by Crippen LogP contribution is 2.45. The Hall–Kier alpha value is -3.26. The Morgan fingerprint density at radius 2 is 1.44 bits per heavy atom. The van der Waals surface area contributed by atoms with Gasteiger partial charge in [-0.2, -0.15) is 0 Å². The molecule has 0 bridgehead atoms. The molecule has 0 aliphatic rings. The summed E-state index contributed by atoms with van der Waals surface area (Å²) in [5, 5.41) is 10.4. The zero-order valence-corrected chi connectivity index (χ0v) is 13.8. The lowest BCUT2D eigenvalue weighted by Gasteiger charge is -2.12. The molecule has 0 atom stereocenters.